The third-order valence-corrected chi connectivity index (χ3v) is 4.15. The summed E-state index contributed by atoms with van der Waals surface area (Å²) in [5.74, 6) is 0.652. The van der Waals surface area contributed by atoms with Gasteiger partial charge in [0.25, 0.3) is 0 Å². The van der Waals surface area contributed by atoms with Crippen molar-refractivity contribution in [2.24, 2.45) is 0 Å². The maximum absolute atomic E-state index is 11.3. The van der Waals surface area contributed by atoms with Gasteiger partial charge in [-0.05, 0) is 31.9 Å². The van der Waals surface area contributed by atoms with Gasteiger partial charge in [-0.3, -0.25) is 9.48 Å². The van der Waals surface area contributed by atoms with Gasteiger partial charge >= 0.3 is 0 Å². The van der Waals surface area contributed by atoms with Crippen molar-refractivity contribution in [1.82, 2.24) is 9.78 Å². The maximum Gasteiger partial charge on any atom is 0.163 e. The molecule has 1 aliphatic carbocycles. The zero-order chi connectivity index (χ0) is 14.7. The SMILES string of the molecule is Cc1ccc(Nc2nn(C3CCCCC3)cc2C=O)cc1. The van der Waals surface area contributed by atoms with E-state index in [9.17, 15) is 4.79 Å². The normalized spacial score (nSPS) is 15.9. The lowest BCUT2D eigenvalue weighted by Gasteiger charge is -2.21. The minimum absolute atomic E-state index is 0.436. The van der Waals surface area contributed by atoms with E-state index < -0.39 is 0 Å². The van der Waals surface area contributed by atoms with E-state index in [2.05, 4.69) is 17.3 Å². The topological polar surface area (TPSA) is 46.9 Å². The lowest BCUT2D eigenvalue weighted by atomic mass is 9.96. The molecular formula is C17H21N3O. The molecule has 4 nitrogen and oxygen atoms in total. The standard InChI is InChI=1S/C17H21N3O/c1-13-7-9-15(10-8-13)18-17-14(12-21)11-20(19-17)16-5-3-2-4-6-16/h7-12,16H,2-6H2,1H3,(H,18,19). The van der Waals surface area contributed by atoms with Crippen LogP contribution in [0.3, 0.4) is 0 Å². The van der Waals surface area contributed by atoms with Crippen LogP contribution in [0.5, 0.6) is 0 Å². The van der Waals surface area contributed by atoms with Crippen molar-refractivity contribution in [3.8, 4) is 0 Å². The van der Waals surface area contributed by atoms with E-state index in [1.54, 1.807) is 0 Å². The second-order valence-corrected chi connectivity index (χ2v) is 5.81. The van der Waals surface area contributed by atoms with E-state index in [1.807, 2.05) is 35.1 Å². The molecule has 1 aliphatic rings. The molecule has 1 saturated carbocycles. The summed E-state index contributed by atoms with van der Waals surface area (Å²) >= 11 is 0. The third kappa shape index (κ3) is 3.15. The zero-order valence-corrected chi connectivity index (χ0v) is 12.4. The number of anilines is 2. The van der Waals surface area contributed by atoms with Gasteiger partial charge in [-0.1, -0.05) is 37.0 Å². The first-order chi connectivity index (χ1) is 10.3. The van der Waals surface area contributed by atoms with Gasteiger partial charge < -0.3 is 5.32 Å². The largest absolute Gasteiger partial charge is 0.338 e. The lowest BCUT2D eigenvalue weighted by molar-refractivity contribution is 0.112. The van der Waals surface area contributed by atoms with Crippen molar-refractivity contribution >= 4 is 17.8 Å². The summed E-state index contributed by atoms with van der Waals surface area (Å²) in [5, 5.41) is 7.84. The van der Waals surface area contributed by atoms with Crippen LogP contribution in [0.25, 0.3) is 0 Å². The first-order valence-corrected chi connectivity index (χ1v) is 7.64. The smallest absolute Gasteiger partial charge is 0.163 e. The Balaban J connectivity index is 1.82. The number of nitrogens with zero attached hydrogens (tertiary/aromatic N) is 2. The Morgan fingerprint density at radius 2 is 1.90 bits per heavy atom. The molecule has 110 valence electrons. The number of benzene rings is 1. The van der Waals surface area contributed by atoms with Crippen LogP contribution in [-0.2, 0) is 0 Å². The average Bonchev–Trinajstić information content (AvgIpc) is 2.93. The fraction of sp³-hybridized carbons (Fsp3) is 0.412. The van der Waals surface area contributed by atoms with E-state index in [0.29, 0.717) is 17.4 Å². The van der Waals surface area contributed by atoms with Gasteiger partial charge in [0.05, 0.1) is 11.6 Å². The van der Waals surface area contributed by atoms with Crippen LogP contribution >= 0.6 is 0 Å². The van der Waals surface area contributed by atoms with Crippen LogP contribution < -0.4 is 5.32 Å². The number of nitrogens with one attached hydrogen (secondary N) is 1. The minimum atomic E-state index is 0.436. The summed E-state index contributed by atoms with van der Waals surface area (Å²) in [6.45, 7) is 2.05. The molecular weight excluding hydrogens is 262 g/mol. The molecule has 0 saturated heterocycles. The number of rotatable bonds is 4. The lowest BCUT2D eigenvalue weighted by Crippen LogP contribution is -2.13. The van der Waals surface area contributed by atoms with Crippen molar-refractivity contribution in [3.05, 3.63) is 41.6 Å². The van der Waals surface area contributed by atoms with Gasteiger partial charge in [0.2, 0.25) is 0 Å². The second-order valence-electron chi connectivity index (χ2n) is 5.81. The number of aromatic nitrogens is 2. The van der Waals surface area contributed by atoms with Crippen molar-refractivity contribution in [2.75, 3.05) is 5.32 Å². The number of hydrogen-bond donors (Lipinski definition) is 1. The highest BCUT2D eigenvalue weighted by Crippen LogP contribution is 2.29. The number of carbonyl (C=O) groups excluding carboxylic acids is 1. The highest BCUT2D eigenvalue weighted by Gasteiger charge is 2.18. The van der Waals surface area contributed by atoms with Gasteiger partial charge in [0.1, 0.15) is 0 Å². The Morgan fingerprint density at radius 1 is 1.19 bits per heavy atom. The average molecular weight is 283 g/mol. The number of carbonyl (C=O) groups is 1. The highest BCUT2D eigenvalue weighted by molar-refractivity contribution is 5.83. The number of aldehydes is 1. The summed E-state index contributed by atoms with van der Waals surface area (Å²) in [7, 11) is 0. The zero-order valence-electron chi connectivity index (χ0n) is 12.4. The molecule has 0 aliphatic heterocycles. The monoisotopic (exact) mass is 283 g/mol. The molecule has 1 aromatic carbocycles. The molecule has 1 heterocycles. The number of aryl methyl sites for hydroxylation is 1. The molecule has 4 heteroatoms. The Bertz CT molecular complexity index is 609. The molecule has 0 bridgehead atoms. The Morgan fingerprint density at radius 3 is 2.57 bits per heavy atom. The van der Waals surface area contributed by atoms with Crippen molar-refractivity contribution < 1.29 is 4.79 Å². The van der Waals surface area contributed by atoms with Gasteiger partial charge in [-0.25, -0.2) is 0 Å². The summed E-state index contributed by atoms with van der Waals surface area (Å²) in [5.41, 5.74) is 2.79. The van der Waals surface area contributed by atoms with E-state index >= 15 is 0 Å². The van der Waals surface area contributed by atoms with Gasteiger partial charge in [-0.15, -0.1) is 0 Å². The van der Waals surface area contributed by atoms with Gasteiger partial charge in [0, 0.05) is 11.9 Å². The van der Waals surface area contributed by atoms with Crippen molar-refractivity contribution in [2.45, 2.75) is 45.1 Å². The van der Waals surface area contributed by atoms with Crippen LogP contribution in [0.15, 0.2) is 30.5 Å². The van der Waals surface area contributed by atoms with Crippen LogP contribution in [0, 0.1) is 6.92 Å². The quantitative estimate of drug-likeness (QED) is 0.853. The molecule has 1 aromatic heterocycles. The van der Waals surface area contributed by atoms with Crippen LogP contribution in [-0.4, -0.2) is 16.1 Å². The second kappa shape index (κ2) is 6.12. The van der Waals surface area contributed by atoms with Gasteiger partial charge in [0.15, 0.2) is 12.1 Å². The molecule has 0 spiro atoms. The Hall–Kier alpha value is -2.10. The predicted molar refractivity (Wildman–Crippen MR) is 84.2 cm³/mol. The summed E-state index contributed by atoms with van der Waals surface area (Å²) in [4.78, 5) is 11.3. The number of hydrogen-bond acceptors (Lipinski definition) is 3. The van der Waals surface area contributed by atoms with Gasteiger partial charge in [-0.2, -0.15) is 5.10 Å². The van der Waals surface area contributed by atoms with Crippen molar-refractivity contribution in [3.63, 3.8) is 0 Å². The van der Waals surface area contributed by atoms with E-state index in [-0.39, 0.29) is 0 Å². The van der Waals surface area contributed by atoms with Crippen LogP contribution in [0.2, 0.25) is 0 Å². The molecule has 3 rings (SSSR count). The van der Waals surface area contributed by atoms with E-state index in [4.69, 9.17) is 0 Å². The molecule has 2 aromatic rings. The molecule has 0 unspecified atom stereocenters. The Kier molecular flexibility index (Phi) is 4.04. The molecule has 0 atom stereocenters. The first kappa shape index (κ1) is 13.9. The van der Waals surface area contributed by atoms with Crippen LogP contribution in [0.4, 0.5) is 11.5 Å². The fourth-order valence-corrected chi connectivity index (χ4v) is 2.90. The van der Waals surface area contributed by atoms with E-state index in [0.717, 1.165) is 24.8 Å². The minimum Gasteiger partial charge on any atom is -0.338 e. The van der Waals surface area contributed by atoms with E-state index in [1.165, 1.54) is 24.8 Å². The maximum atomic E-state index is 11.3. The molecule has 1 fully saturated rings. The molecule has 1 N–H and O–H groups in total. The molecule has 0 radical (unpaired) electrons. The van der Waals surface area contributed by atoms with Crippen LogP contribution in [0.1, 0.15) is 54.1 Å². The first-order valence-electron chi connectivity index (χ1n) is 7.64. The fourth-order valence-electron chi connectivity index (χ4n) is 2.90. The summed E-state index contributed by atoms with van der Waals surface area (Å²) < 4.78 is 1.97. The highest BCUT2D eigenvalue weighted by atomic mass is 16.1. The molecule has 0 amide bonds. The predicted octanol–water partition coefficient (Wildman–Crippen LogP) is 4.25. The Labute approximate surface area is 125 Å². The van der Waals surface area contributed by atoms with Crippen molar-refractivity contribution in [1.29, 1.82) is 0 Å². The molecule has 21 heavy (non-hydrogen) atoms. The third-order valence-electron chi connectivity index (χ3n) is 4.15. The summed E-state index contributed by atoms with van der Waals surface area (Å²) in [6, 6.07) is 8.53. The summed E-state index contributed by atoms with van der Waals surface area (Å²) in [6.07, 6.45) is 8.88.